The fraction of sp³-hybridized carbons (Fsp3) is 0.600. The quantitative estimate of drug-likeness (QED) is 0.922. The lowest BCUT2D eigenvalue weighted by molar-refractivity contribution is 0.0603. The van der Waals surface area contributed by atoms with E-state index in [2.05, 4.69) is 12.1 Å². The second-order valence-corrected chi connectivity index (χ2v) is 7.93. The van der Waals surface area contributed by atoms with Gasteiger partial charge in [-0.2, -0.15) is 0 Å². The summed E-state index contributed by atoms with van der Waals surface area (Å²) < 4.78 is 22.5. The minimum atomic E-state index is -2.94. The number of benzene rings is 1. The third-order valence-corrected chi connectivity index (χ3v) is 5.05. The van der Waals surface area contributed by atoms with Crippen LogP contribution in [0.4, 0.5) is 0 Å². The van der Waals surface area contributed by atoms with Crippen LogP contribution in [0.2, 0.25) is 0 Å². The van der Waals surface area contributed by atoms with E-state index >= 15 is 0 Å². The predicted octanol–water partition coefficient (Wildman–Crippen LogP) is 2.37. The van der Waals surface area contributed by atoms with Crippen LogP contribution < -0.4 is 0 Å². The first-order valence-corrected chi connectivity index (χ1v) is 8.92. The molecule has 0 heterocycles. The van der Waals surface area contributed by atoms with Crippen molar-refractivity contribution in [3.63, 3.8) is 0 Å². The Morgan fingerprint density at radius 1 is 1.21 bits per heavy atom. The standard InChI is InChI=1S/C15H22O3S/c1-19(17,18)10-9-14-11-13(7-8-15(14)16)12-5-3-2-4-6-12/h2-6,13-16H,7-11H2,1H3. The zero-order chi connectivity index (χ0) is 13.9. The molecule has 1 aliphatic carbocycles. The average molecular weight is 282 g/mol. The number of sulfone groups is 1. The van der Waals surface area contributed by atoms with Crippen molar-refractivity contribution in [2.45, 2.75) is 37.7 Å². The summed E-state index contributed by atoms with van der Waals surface area (Å²) in [7, 11) is -2.94. The second kappa shape index (κ2) is 6.06. The molecular weight excluding hydrogens is 260 g/mol. The highest BCUT2D eigenvalue weighted by Crippen LogP contribution is 2.37. The molecule has 0 aliphatic heterocycles. The maximum Gasteiger partial charge on any atom is 0.147 e. The molecule has 1 aromatic rings. The van der Waals surface area contributed by atoms with Crippen molar-refractivity contribution in [2.24, 2.45) is 5.92 Å². The molecular formula is C15H22O3S. The summed E-state index contributed by atoms with van der Waals surface area (Å²) in [5.74, 6) is 0.735. The van der Waals surface area contributed by atoms with E-state index in [1.165, 1.54) is 11.8 Å². The van der Waals surface area contributed by atoms with Crippen molar-refractivity contribution in [1.29, 1.82) is 0 Å². The monoisotopic (exact) mass is 282 g/mol. The van der Waals surface area contributed by atoms with Crippen molar-refractivity contribution in [1.82, 2.24) is 0 Å². The molecule has 0 amide bonds. The van der Waals surface area contributed by atoms with Crippen molar-refractivity contribution < 1.29 is 13.5 Å². The first-order valence-electron chi connectivity index (χ1n) is 6.86. The second-order valence-electron chi connectivity index (χ2n) is 5.67. The molecule has 0 spiro atoms. The van der Waals surface area contributed by atoms with Gasteiger partial charge in [0.25, 0.3) is 0 Å². The molecule has 106 valence electrons. The Morgan fingerprint density at radius 3 is 2.53 bits per heavy atom. The van der Waals surface area contributed by atoms with Crippen LogP contribution in [-0.2, 0) is 9.84 Å². The minimum Gasteiger partial charge on any atom is -0.393 e. The van der Waals surface area contributed by atoms with E-state index in [0.29, 0.717) is 12.3 Å². The largest absolute Gasteiger partial charge is 0.393 e. The molecule has 3 unspecified atom stereocenters. The highest BCUT2D eigenvalue weighted by Gasteiger charge is 2.30. The predicted molar refractivity (Wildman–Crippen MR) is 76.9 cm³/mol. The first kappa shape index (κ1) is 14.5. The lowest BCUT2D eigenvalue weighted by atomic mass is 9.75. The van der Waals surface area contributed by atoms with Crippen molar-refractivity contribution in [3.8, 4) is 0 Å². The molecule has 0 aromatic heterocycles. The van der Waals surface area contributed by atoms with E-state index in [9.17, 15) is 13.5 Å². The van der Waals surface area contributed by atoms with Crippen LogP contribution in [0.15, 0.2) is 30.3 Å². The summed E-state index contributed by atoms with van der Waals surface area (Å²) in [6.07, 6.45) is 4.14. The lowest BCUT2D eigenvalue weighted by Gasteiger charge is -2.33. The first-order chi connectivity index (χ1) is 8.96. The Labute approximate surface area is 115 Å². The van der Waals surface area contributed by atoms with Crippen LogP contribution in [0.25, 0.3) is 0 Å². The summed E-state index contributed by atoms with van der Waals surface area (Å²) >= 11 is 0. The van der Waals surface area contributed by atoms with E-state index in [1.54, 1.807) is 0 Å². The molecule has 3 atom stereocenters. The van der Waals surface area contributed by atoms with Gasteiger partial charge in [0, 0.05) is 6.26 Å². The van der Waals surface area contributed by atoms with Gasteiger partial charge in [0.15, 0.2) is 0 Å². The molecule has 1 aliphatic rings. The summed E-state index contributed by atoms with van der Waals surface area (Å²) in [5.41, 5.74) is 1.30. The summed E-state index contributed by atoms with van der Waals surface area (Å²) in [4.78, 5) is 0. The summed E-state index contributed by atoms with van der Waals surface area (Å²) in [6, 6.07) is 10.3. The van der Waals surface area contributed by atoms with E-state index in [1.807, 2.05) is 18.2 Å². The van der Waals surface area contributed by atoms with Gasteiger partial charge in [-0.25, -0.2) is 8.42 Å². The topological polar surface area (TPSA) is 54.4 Å². The third-order valence-electron chi connectivity index (χ3n) is 4.07. The molecule has 19 heavy (non-hydrogen) atoms. The fourth-order valence-electron chi connectivity index (χ4n) is 2.95. The Morgan fingerprint density at radius 2 is 1.89 bits per heavy atom. The zero-order valence-electron chi connectivity index (χ0n) is 11.3. The summed E-state index contributed by atoms with van der Waals surface area (Å²) in [6.45, 7) is 0. The molecule has 0 radical (unpaired) electrons. The van der Waals surface area contributed by atoms with Gasteiger partial charge in [-0.3, -0.25) is 0 Å². The molecule has 0 bridgehead atoms. The van der Waals surface area contributed by atoms with Crippen LogP contribution >= 0.6 is 0 Å². The van der Waals surface area contributed by atoms with Crippen LogP contribution in [0.1, 0.15) is 37.2 Å². The van der Waals surface area contributed by atoms with Gasteiger partial charge in [0.1, 0.15) is 9.84 Å². The number of hydrogen-bond acceptors (Lipinski definition) is 3. The Balaban J connectivity index is 2.00. The van der Waals surface area contributed by atoms with E-state index in [0.717, 1.165) is 19.3 Å². The number of aliphatic hydroxyl groups is 1. The Bertz CT molecular complexity index is 495. The normalized spacial score (nSPS) is 28.2. The molecule has 0 saturated heterocycles. The molecule has 1 N–H and O–H groups in total. The van der Waals surface area contributed by atoms with E-state index < -0.39 is 9.84 Å². The molecule has 3 nitrogen and oxygen atoms in total. The molecule has 4 heteroatoms. The zero-order valence-corrected chi connectivity index (χ0v) is 12.1. The van der Waals surface area contributed by atoms with Gasteiger partial charge in [0.2, 0.25) is 0 Å². The third kappa shape index (κ3) is 4.32. The minimum absolute atomic E-state index is 0.105. The van der Waals surface area contributed by atoms with Gasteiger partial charge in [-0.15, -0.1) is 0 Å². The highest BCUT2D eigenvalue weighted by molar-refractivity contribution is 7.90. The molecule has 1 saturated carbocycles. The number of hydrogen-bond donors (Lipinski definition) is 1. The van der Waals surface area contributed by atoms with Crippen molar-refractivity contribution in [3.05, 3.63) is 35.9 Å². The number of aliphatic hydroxyl groups excluding tert-OH is 1. The van der Waals surface area contributed by atoms with Crippen LogP contribution in [0.5, 0.6) is 0 Å². The maximum atomic E-state index is 11.3. The maximum absolute atomic E-state index is 11.3. The van der Waals surface area contributed by atoms with E-state index in [-0.39, 0.29) is 17.8 Å². The van der Waals surface area contributed by atoms with Crippen LogP contribution in [0.3, 0.4) is 0 Å². The fourth-order valence-corrected chi connectivity index (χ4v) is 3.68. The Kier molecular flexibility index (Phi) is 4.63. The molecule has 1 fully saturated rings. The van der Waals surface area contributed by atoms with Gasteiger partial charge >= 0.3 is 0 Å². The van der Waals surface area contributed by atoms with Crippen LogP contribution in [-0.4, -0.2) is 31.6 Å². The molecule has 1 aromatic carbocycles. The van der Waals surface area contributed by atoms with Gasteiger partial charge < -0.3 is 5.11 Å². The van der Waals surface area contributed by atoms with Gasteiger partial charge in [-0.1, -0.05) is 30.3 Å². The average Bonchev–Trinajstić information content (AvgIpc) is 2.38. The molecule has 2 rings (SSSR count). The van der Waals surface area contributed by atoms with Gasteiger partial charge in [0.05, 0.1) is 11.9 Å². The van der Waals surface area contributed by atoms with E-state index in [4.69, 9.17) is 0 Å². The Hall–Kier alpha value is -0.870. The highest BCUT2D eigenvalue weighted by atomic mass is 32.2. The smallest absolute Gasteiger partial charge is 0.147 e. The lowest BCUT2D eigenvalue weighted by Crippen LogP contribution is -2.29. The number of rotatable bonds is 4. The van der Waals surface area contributed by atoms with Gasteiger partial charge in [-0.05, 0) is 43.1 Å². The SMILES string of the molecule is CS(=O)(=O)CCC1CC(c2ccccc2)CCC1O. The summed E-state index contributed by atoms with van der Waals surface area (Å²) in [5, 5.41) is 10.0. The van der Waals surface area contributed by atoms with Crippen molar-refractivity contribution >= 4 is 9.84 Å². The van der Waals surface area contributed by atoms with Crippen LogP contribution in [0, 0.1) is 5.92 Å². The van der Waals surface area contributed by atoms with Crippen molar-refractivity contribution in [2.75, 3.05) is 12.0 Å².